The summed E-state index contributed by atoms with van der Waals surface area (Å²) in [5.41, 5.74) is 24.7. The molecule has 18 aromatic carbocycles. The fraction of sp³-hybridized carbons (Fsp3) is 0. The van der Waals surface area contributed by atoms with Crippen LogP contribution >= 0.6 is 22.7 Å². The number of furan rings is 6. The average molecular weight is 1670 g/mol. The van der Waals surface area contributed by atoms with Gasteiger partial charge >= 0.3 is 0 Å². The molecule has 0 radical (unpaired) electrons. The zero-order chi connectivity index (χ0) is 83.5. The van der Waals surface area contributed by atoms with E-state index in [0.29, 0.717) is 46.1 Å². The second-order valence-corrected chi connectivity index (χ2v) is 35.1. The van der Waals surface area contributed by atoms with Gasteiger partial charge < -0.3 is 26.5 Å². The molecule has 0 aliphatic carbocycles. The summed E-state index contributed by atoms with van der Waals surface area (Å²) in [4.78, 5) is 32.8. The summed E-state index contributed by atoms with van der Waals surface area (Å²) in [5.74, 6) is 3.10. The molecule has 28 aromatic rings. The van der Waals surface area contributed by atoms with E-state index in [2.05, 4.69) is 255 Å². The van der Waals surface area contributed by atoms with Crippen molar-refractivity contribution in [3.8, 4) is 124 Å². The molecule has 0 fully saturated rings. The lowest BCUT2D eigenvalue weighted by Crippen LogP contribution is -2.01. The maximum absolute atomic E-state index is 7.14. The Morgan fingerprint density at radius 1 is 0.141 bits per heavy atom. The summed E-state index contributed by atoms with van der Waals surface area (Å²) >= 11 is 3.60. The number of fused-ring (bicyclic) bond motifs is 24. The normalized spacial score (nSPS) is 12.2. The van der Waals surface area contributed by atoms with Crippen molar-refractivity contribution in [1.29, 1.82) is 0 Å². The minimum atomic E-state index is 0.483. The highest BCUT2D eigenvalue weighted by Gasteiger charge is 2.27. The zero-order valence-electron chi connectivity index (χ0n) is 67.6. The number of nitrogens with zero attached hydrogens (tertiary/aromatic N) is 6. The standard InChI is InChI=1S/C114H60N6O6S2/c1-3-16-61(17-4-1)109-115-111(77-23-13-28-97-105(77)85-55-67(36-45-94(85)124-97)69-39-48-102-82(52-69)75-22-9-12-31-101(75)127-102)119-112(116-109)78-24-14-29-98-106(78)86-56-68(37-46-95(86)125-98)70-40-49-103-83(53-70)76-41-32-71(60-104(76)128-103)72-58-88(108-87-57-66(38-47-96(87)126-100(108)59-72)64-34-43-92-81(51-64)74-21-8-11-27-90(74)122-92)114-118-110(62-18-5-2-6-19-62)117-113(120-114)79-25-15-30-99-107(79)84-54-65(35-44-93(84)123-99)63-33-42-91-80(50-63)73-20-7-10-26-89(73)121-91/h1-60H. The molecule has 0 saturated heterocycles. The lowest BCUT2D eigenvalue weighted by atomic mass is 9.95. The first-order valence-electron chi connectivity index (χ1n) is 42.5. The van der Waals surface area contributed by atoms with E-state index in [-0.39, 0.29) is 0 Å². The minimum Gasteiger partial charge on any atom is -0.456 e. The molecule has 0 saturated carbocycles. The van der Waals surface area contributed by atoms with Crippen LogP contribution < -0.4 is 0 Å². The number of benzene rings is 18. The monoisotopic (exact) mass is 1670 g/mol. The highest BCUT2D eigenvalue weighted by molar-refractivity contribution is 7.26. The van der Waals surface area contributed by atoms with Crippen molar-refractivity contribution in [1.82, 2.24) is 29.9 Å². The van der Waals surface area contributed by atoms with Gasteiger partial charge in [0.05, 0.1) is 0 Å². The Morgan fingerprint density at radius 2 is 0.430 bits per heavy atom. The van der Waals surface area contributed by atoms with Crippen LogP contribution in [0.1, 0.15) is 0 Å². The molecular weight excluding hydrogens is 1610 g/mol. The third-order valence-electron chi connectivity index (χ3n) is 25.6. The summed E-state index contributed by atoms with van der Waals surface area (Å²) in [6.07, 6.45) is 0. The molecular formula is C114H60N6O6S2. The van der Waals surface area contributed by atoms with Crippen molar-refractivity contribution in [3.05, 3.63) is 364 Å². The molecule has 14 heteroatoms. The lowest BCUT2D eigenvalue weighted by Gasteiger charge is -2.12. The largest absolute Gasteiger partial charge is 0.456 e. The number of thiophene rings is 2. The summed E-state index contributed by atoms with van der Waals surface area (Å²) < 4.78 is 44.8. The number of hydrogen-bond donors (Lipinski definition) is 0. The first-order valence-corrected chi connectivity index (χ1v) is 44.2. The molecule has 0 amide bonds. The minimum absolute atomic E-state index is 0.483. The molecule has 0 N–H and O–H groups in total. The summed E-state index contributed by atoms with van der Waals surface area (Å²) in [7, 11) is 0. The van der Waals surface area contributed by atoms with Gasteiger partial charge in [0.15, 0.2) is 34.9 Å². The molecule has 0 bridgehead atoms. The molecule has 0 aliphatic rings. The number of aromatic nitrogens is 6. The van der Waals surface area contributed by atoms with E-state index in [1.165, 1.54) is 24.9 Å². The third kappa shape index (κ3) is 11.1. The lowest BCUT2D eigenvalue weighted by molar-refractivity contribution is 0.668. The summed E-state index contributed by atoms with van der Waals surface area (Å²) in [6.45, 7) is 0. The molecule has 0 atom stereocenters. The molecule has 0 spiro atoms. The van der Waals surface area contributed by atoms with Gasteiger partial charge in [-0.25, -0.2) is 29.9 Å². The van der Waals surface area contributed by atoms with Crippen LogP contribution in [0, 0.1) is 0 Å². The Kier molecular flexibility index (Phi) is 15.1. The molecule has 10 aromatic heterocycles. The quantitative estimate of drug-likeness (QED) is 0.121. The SMILES string of the molecule is c1ccc(-c2nc(-c3cccc4oc5ccc(-c6ccc7sc8ccccc8c7c6)cc5c34)nc(-c3cccc4oc5ccc(-c6ccc7sc8cc(-c9cc(-c%10nc(-c%11ccccc%11)nc(-c%11cccc%12oc%13ccc(-c%14ccc%15oc%16ccccc%16c%15c%14)cc%13c%11%12)n%10)c%10c(c9)oc9ccc(-c%11ccc%12oc%13ccccc%13c%12c%11)cc9%10)ccc8c7c6)cc5c34)n2)cc1. The first kappa shape index (κ1) is 70.7. The second-order valence-electron chi connectivity index (χ2n) is 33.0. The summed E-state index contributed by atoms with van der Waals surface area (Å²) in [5, 5.41) is 16.5. The van der Waals surface area contributed by atoms with Crippen molar-refractivity contribution >= 4 is 195 Å². The third-order valence-corrected chi connectivity index (χ3v) is 27.9. The van der Waals surface area contributed by atoms with E-state index >= 15 is 0 Å². The van der Waals surface area contributed by atoms with Crippen molar-refractivity contribution < 1.29 is 26.5 Å². The van der Waals surface area contributed by atoms with Gasteiger partial charge in [-0.1, -0.05) is 212 Å². The van der Waals surface area contributed by atoms with Gasteiger partial charge in [-0.05, 0) is 207 Å². The molecule has 0 unspecified atom stereocenters. The van der Waals surface area contributed by atoms with Gasteiger partial charge in [0, 0.05) is 138 Å². The van der Waals surface area contributed by atoms with E-state index in [1.54, 1.807) is 11.3 Å². The Balaban J connectivity index is 0.569. The Hall–Kier alpha value is -16.8. The van der Waals surface area contributed by atoms with Gasteiger partial charge in [0.25, 0.3) is 0 Å². The van der Waals surface area contributed by atoms with Gasteiger partial charge in [-0.15, -0.1) is 22.7 Å². The topological polar surface area (TPSA) is 156 Å². The van der Waals surface area contributed by atoms with Crippen LogP contribution in [-0.2, 0) is 0 Å². The van der Waals surface area contributed by atoms with Crippen LogP contribution in [0.3, 0.4) is 0 Å². The van der Waals surface area contributed by atoms with Crippen molar-refractivity contribution in [2.45, 2.75) is 0 Å². The predicted octanol–water partition coefficient (Wildman–Crippen LogP) is 32.5. The Morgan fingerprint density at radius 3 is 0.875 bits per heavy atom. The Labute approximate surface area is 733 Å². The number of hydrogen-bond acceptors (Lipinski definition) is 14. The number of para-hydroxylation sites is 2. The zero-order valence-corrected chi connectivity index (χ0v) is 69.2. The van der Waals surface area contributed by atoms with E-state index < -0.39 is 0 Å². The Bertz CT molecular complexity index is 9640. The van der Waals surface area contributed by atoms with Crippen LogP contribution in [0.2, 0.25) is 0 Å². The maximum Gasteiger partial charge on any atom is 0.164 e. The fourth-order valence-corrected chi connectivity index (χ4v) is 21.7. The summed E-state index contributed by atoms with van der Waals surface area (Å²) in [6, 6.07) is 127. The maximum atomic E-state index is 7.14. The fourth-order valence-electron chi connectivity index (χ4n) is 19.5. The van der Waals surface area contributed by atoms with Gasteiger partial charge in [-0.3, -0.25) is 0 Å². The molecule has 10 heterocycles. The molecule has 28 rings (SSSR count). The predicted molar refractivity (Wildman–Crippen MR) is 522 cm³/mol. The van der Waals surface area contributed by atoms with Crippen molar-refractivity contribution in [3.63, 3.8) is 0 Å². The van der Waals surface area contributed by atoms with Crippen molar-refractivity contribution in [2.75, 3.05) is 0 Å². The van der Waals surface area contributed by atoms with E-state index in [0.717, 1.165) is 225 Å². The average Bonchev–Trinajstić information content (AvgIpc) is 1.53. The first-order chi connectivity index (χ1) is 63.3. The molecule has 12 nitrogen and oxygen atoms in total. The van der Waals surface area contributed by atoms with E-state index in [9.17, 15) is 0 Å². The van der Waals surface area contributed by atoms with Crippen LogP contribution in [0.4, 0.5) is 0 Å². The van der Waals surface area contributed by atoms with E-state index in [4.69, 9.17) is 56.4 Å². The van der Waals surface area contributed by atoms with E-state index in [1.807, 2.05) is 121 Å². The van der Waals surface area contributed by atoms with Crippen LogP contribution in [0.5, 0.6) is 0 Å². The second kappa shape index (κ2) is 27.4. The van der Waals surface area contributed by atoms with Crippen LogP contribution in [0.25, 0.3) is 296 Å². The molecule has 128 heavy (non-hydrogen) atoms. The molecule has 594 valence electrons. The highest BCUT2D eigenvalue weighted by atomic mass is 32.1. The smallest absolute Gasteiger partial charge is 0.164 e. The van der Waals surface area contributed by atoms with Gasteiger partial charge in [0.1, 0.15) is 67.0 Å². The molecule has 0 aliphatic heterocycles. The van der Waals surface area contributed by atoms with Crippen LogP contribution in [0.15, 0.2) is 390 Å². The number of rotatable bonds is 11. The van der Waals surface area contributed by atoms with Crippen LogP contribution in [-0.4, -0.2) is 29.9 Å². The highest BCUT2D eigenvalue weighted by Crippen LogP contribution is 2.50. The van der Waals surface area contributed by atoms with Gasteiger partial charge in [0.2, 0.25) is 0 Å². The van der Waals surface area contributed by atoms with Crippen molar-refractivity contribution in [2.24, 2.45) is 0 Å². The van der Waals surface area contributed by atoms with Gasteiger partial charge in [-0.2, -0.15) is 0 Å².